The van der Waals surface area contributed by atoms with Gasteiger partial charge in [0.15, 0.2) is 0 Å². The Hall–Kier alpha value is -3.88. The molecule has 0 atom stereocenters. The molecular weight excluding hydrogens is 404 g/mol. The highest BCUT2D eigenvalue weighted by atomic mass is 16.1. The van der Waals surface area contributed by atoms with Gasteiger partial charge in [-0.2, -0.15) is 0 Å². The van der Waals surface area contributed by atoms with Crippen LogP contribution in [-0.2, 0) is 6.54 Å². The number of unbranched alkanes of at least 4 members (excludes halogenated alkanes) is 4. The summed E-state index contributed by atoms with van der Waals surface area (Å²) in [4.78, 5) is 16.7. The Kier molecular flexibility index (Phi) is 7.30. The summed E-state index contributed by atoms with van der Waals surface area (Å²) in [6, 6.07) is 11.3. The van der Waals surface area contributed by atoms with E-state index in [4.69, 9.17) is 0 Å². The van der Waals surface area contributed by atoms with Crippen LogP contribution in [0.3, 0.4) is 0 Å². The number of para-hydroxylation sites is 1. The number of hydrogen-bond donors (Lipinski definition) is 1. The molecule has 164 valence electrons. The Morgan fingerprint density at radius 3 is 2.66 bits per heavy atom. The van der Waals surface area contributed by atoms with Gasteiger partial charge < -0.3 is 5.32 Å². The summed E-state index contributed by atoms with van der Waals surface area (Å²) in [6.45, 7) is 1.51. The number of nitrogens with zero attached hydrogens (tertiary/aromatic N) is 7. The number of carbonyl (C=O) groups is 1. The maximum atomic E-state index is 12.6. The predicted octanol–water partition coefficient (Wildman–Crippen LogP) is 3.30. The van der Waals surface area contributed by atoms with Gasteiger partial charge in [0.25, 0.3) is 5.91 Å². The fraction of sp³-hybridized carbons (Fsp3) is 0.304. The summed E-state index contributed by atoms with van der Waals surface area (Å²) < 4.78 is 3.48. The molecule has 32 heavy (non-hydrogen) atoms. The second-order valence-corrected chi connectivity index (χ2v) is 7.50. The lowest BCUT2D eigenvalue weighted by molar-refractivity contribution is 0.0952. The van der Waals surface area contributed by atoms with Crippen LogP contribution < -0.4 is 5.32 Å². The molecule has 1 aromatic carbocycles. The molecule has 4 rings (SSSR count). The molecule has 3 heterocycles. The molecule has 4 aromatic rings. The van der Waals surface area contributed by atoms with E-state index in [0.29, 0.717) is 12.1 Å². The molecule has 0 bridgehead atoms. The first-order chi connectivity index (χ1) is 15.8. The number of aryl methyl sites for hydroxylation is 1. The SMILES string of the molecule is O=C(NCCCCCCCn1cc(-c2cccnc2)nn1)c1ccccc1-n1ccnn1. The quantitative estimate of drug-likeness (QED) is 0.366. The topological polar surface area (TPSA) is 103 Å². The number of nitrogens with one attached hydrogen (secondary N) is 1. The van der Waals surface area contributed by atoms with Gasteiger partial charge in [0.05, 0.1) is 29.8 Å². The number of carbonyl (C=O) groups excluding carboxylic acids is 1. The van der Waals surface area contributed by atoms with Gasteiger partial charge in [-0.15, -0.1) is 10.2 Å². The molecule has 0 saturated carbocycles. The number of amides is 1. The highest BCUT2D eigenvalue weighted by Crippen LogP contribution is 2.15. The van der Waals surface area contributed by atoms with E-state index in [9.17, 15) is 4.79 Å². The molecule has 0 fully saturated rings. The van der Waals surface area contributed by atoms with Crippen molar-refractivity contribution in [2.75, 3.05) is 6.54 Å². The van der Waals surface area contributed by atoms with E-state index in [1.807, 2.05) is 41.2 Å². The third-order valence-corrected chi connectivity index (χ3v) is 5.16. The van der Waals surface area contributed by atoms with Gasteiger partial charge in [-0.25, -0.2) is 4.68 Å². The lowest BCUT2D eigenvalue weighted by Gasteiger charge is -2.09. The molecule has 9 nitrogen and oxygen atoms in total. The van der Waals surface area contributed by atoms with Crippen molar-refractivity contribution in [3.05, 3.63) is 72.9 Å². The molecule has 9 heteroatoms. The molecule has 0 unspecified atom stereocenters. The zero-order chi connectivity index (χ0) is 22.0. The van der Waals surface area contributed by atoms with Crippen molar-refractivity contribution < 1.29 is 4.79 Å². The molecule has 1 N–H and O–H groups in total. The zero-order valence-corrected chi connectivity index (χ0v) is 17.8. The minimum Gasteiger partial charge on any atom is -0.352 e. The van der Waals surface area contributed by atoms with E-state index in [-0.39, 0.29) is 5.91 Å². The predicted molar refractivity (Wildman–Crippen MR) is 120 cm³/mol. The van der Waals surface area contributed by atoms with E-state index in [0.717, 1.165) is 55.6 Å². The van der Waals surface area contributed by atoms with E-state index in [1.165, 1.54) is 0 Å². The largest absolute Gasteiger partial charge is 0.352 e. The summed E-state index contributed by atoms with van der Waals surface area (Å²) in [5.41, 5.74) is 3.14. The fourth-order valence-electron chi connectivity index (χ4n) is 3.48. The molecular formula is C23H26N8O. The minimum atomic E-state index is -0.0910. The average Bonchev–Trinajstić information content (AvgIpc) is 3.54. The minimum absolute atomic E-state index is 0.0910. The maximum Gasteiger partial charge on any atom is 0.253 e. The Morgan fingerprint density at radius 1 is 0.938 bits per heavy atom. The van der Waals surface area contributed by atoms with Gasteiger partial charge in [0.1, 0.15) is 5.69 Å². The Bertz CT molecular complexity index is 1110. The molecule has 0 radical (unpaired) electrons. The average molecular weight is 431 g/mol. The number of pyridine rings is 1. The zero-order valence-electron chi connectivity index (χ0n) is 17.8. The third-order valence-electron chi connectivity index (χ3n) is 5.16. The van der Waals surface area contributed by atoms with Crippen LogP contribution in [0.25, 0.3) is 16.9 Å². The standard InChI is InChI=1S/C23H26N8O/c32-23(20-10-4-5-11-22(20)31-16-14-26-28-31)25-13-6-2-1-3-7-15-30-18-21(27-29-30)19-9-8-12-24-17-19/h4-5,8-12,14,16-18H,1-3,6-7,13,15H2,(H,25,32). The number of hydrogen-bond acceptors (Lipinski definition) is 6. The van der Waals surface area contributed by atoms with E-state index in [2.05, 4.69) is 30.9 Å². The summed E-state index contributed by atoms with van der Waals surface area (Å²) in [5.74, 6) is -0.0910. The maximum absolute atomic E-state index is 12.6. The van der Waals surface area contributed by atoms with Crippen LogP contribution >= 0.6 is 0 Å². The van der Waals surface area contributed by atoms with Crippen LogP contribution in [0.5, 0.6) is 0 Å². The highest BCUT2D eigenvalue weighted by molar-refractivity contribution is 5.97. The third kappa shape index (κ3) is 5.63. The molecule has 0 saturated heterocycles. The lowest BCUT2D eigenvalue weighted by atomic mass is 10.1. The molecule has 0 aliphatic heterocycles. The number of rotatable bonds is 11. The van der Waals surface area contributed by atoms with Crippen molar-refractivity contribution in [2.24, 2.45) is 0 Å². The van der Waals surface area contributed by atoms with Crippen molar-refractivity contribution in [1.29, 1.82) is 0 Å². The Balaban J connectivity index is 1.12. The van der Waals surface area contributed by atoms with Crippen LogP contribution in [0, 0.1) is 0 Å². The fourth-order valence-corrected chi connectivity index (χ4v) is 3.48. The van der Waals surface area contributed by atoms with Crippen molar-refractivity contribution in [1.82, 2.24) is 40.3 Å². The van der Waals surface area contributed by atoms with Crippen molar-refractivity contribution >= 4 is 5.91 Å². The second kappa shape index (κ2) is 10.9. The van der Waals surface area contributed by atoms with E-state index in [1.54, 1.807) is 35.5 Å². The molecule has 0 aliphatic rings. The molecule has 1 amide bonds. The monoisotopic (exact) mass is 430 g/mol. The van der Waals surface area contributed by atoms with Crippen LogP contribution in [0.2, 0.25) is 0 Å². The first kappa shape index (κ1) is 21.4. The van der Waals surface area contributed by atoms with Crippen molar-refractivity contribution in [3.63, 3.8) is 0 Å². The second-order valence-electron chi connectivity index (χ2n) is 7.50. The Labute approximate surface area is 186 Å². The Morgan fingerprint density at radius 2 is 1.81 bits per heavy atom. The molecule has 0 spiro atoms. The van der Waals surface area contributed by atoms with E-state index < -0.39 is 0 Å². The lowest BCUT2D eigenvalue weighted by Crippen LogP contribution is -2.25. The first-order valence-electron chi connectivity index (χ1n) is 10.9. The summed E-state index contributed by atoms with van der Waals surface area (Å²) in [5, 5.41) is 19.2. The van der Waals surface area contributed by atoms with Crippen LogP contribution in [-0.4, -0.2) is 47.4 Å². The van der Waals surface area contributed by atoms with Crippen LogP contribution in [0.15, 0.2) is 67.4 Å². The van der Waals surface area contributed by atoms with Gasteiger partial charge in [0.2, 0.25) is 0 Å². The summed E-state index contributed by atoms with van der Waals surface area (Å²) in [6.07, 6.45) is 14.1. The van der Waals surface area contributed by atoms with Crippen molar-refractivity contribution in [3.8, 4) is 16.9 Å². The summed E-state index contributed by atoms with van der Waals surface area (Å²) >= 11 is 0. The van der Waals surface area contributed by atoms with Gasteiger partial charge >= 0.3 is 0 Å². The van der Waals surface area contributed by atoms with Gasteiger partial charge in [0, 0.05) is 31.0 Å². The number of benzene rings is 1. The highest BCUT2D eigenvalue weighted by Gasteiger charge is 2.12. The normalized spacial score (nSPS) is 10.9. The first-order valence-corrected chi connectivity index (χ1v) is 10.9. The van der Waals surface area contributed by atoms with Gasteiger partial charge in [-0.05, 0) is 37.1 Å². The summed E-state index contributed by atoms with van der Waals surface area (Å²) in [7, 11) is 0. The number of aromatic nitrogens is 7. The van der Waals surface area contributed by atoms with Gasteiger partial charge in [-0.3, -0.25) is 14.5 Å². The van der Waals surface area contributed by atoms with Crippen LogP contribution in [0.4, 0.5) is 0 Å². The van der Waals surface area contributed by atoms with E-state index >= 15 is 0 Å². The molecule has 0 aliphatic carbocycles. The van der Waals surface area contributed by atoms with Crippen molar-refractivity contribution in [2.45, 2.75) is 38.6 Å². The van der Waals surface area contributed by atoms with Crippen LogP contribution in [0.1, 0.15) is 42.5 Å². The molecule has 3 aromatic heterocycles. The van der Waals surface area contributed by atoms with Gasteiger partial charge in [-0.1, -0.05) is 41.8 Å². The smallest absolute Gasteiger partial charge is 0.253 e.